The largest absolute Gasteiger partial charge is 0.468 e. The highest BCUT2D eigenvalue weighted by atomic mass is 19.1. The van der Waals surface area contributed by atoms with Gasteiger partial charge in [0.15, 0.2) is 0 Å². The Morgan fingerprint density at radius 1 is 1.15 bits per heavy atom. The van der Waals surface area contributed by atoms with Crippen LogP contribution in [0, 0.1) is 15.9 Å². The third-order valence-electron chi connectivity index (χ3n) is 5.54. The summed E-state index contributed by atoms with van der Waals surface area (Å²) in [6.07, 6.45) is 0. The maximum Gasteiger partial charge on any atom is 0.326 e. The molecular formula is C20H21FN2O4. The van der Waals surface area contributed by atoms with E-state index in [4.69, 9.17) is 4.74 Å². The Labute approximate surface area is 156 Å². The van der Waals surface area contributed by atoms with E-state index in [1.54, 1.807) is 43.3 Å². The molecule has 4 atom stereocenters. The molecule has 1 aliphatic heterocycles. The van der Waals surface area contributed by atoms with Crippen LogP contribution in [0.15, 0.2) is 54.6 Å². The summed E-state index contributed by atoms with van der Waals surface area (Å²) in [7, 11) is 1.23. The van der Waals surface area contributed by atoms with Gasteiger partial charge in [-0.15, -0.1) is 0 Å². The maximum atomic E-state index is 14.5. The Bertz CT molecular complexity index is 875. The van der Waals surface area contributed by atoms with Crippen molar-refractivity contribution in [3.8, 4) is 0 Å². The molecule has 0 aliphatic carbocycles. The molecule has 1 N–H and O–H groups in total. The third kappa shape index (κ3) is 2.78. The molecule has 1 aliphatic rings. The molecule has 0 radical (unpaired) electrons. The molecule has 0 spiro atoms. The first kappa shape index (κ1) is 19.0. The van der Waals surface area contributed by atoms with Crippen LogP contribution in [0.5, 0.6) is 0 Å². The number of ether oxygens (including phenoxy) is 1. The third-order valence-corrected chi connectivity index (χ3v) is 5.54. The Hall–Kier alpha value is -2.80. The highest BCUT2D eigenvalue weighted by molar-refractivity contribution is 5.83. The van der Waals surface area contributed by atoms with E-state index >= 15 is 0 Å². The van der Waals surface area contributed by atoms with E-state index in [9.17, 15) is 19.3 Å². The first-order valence-electron chi connectivity index (χ1n) is 8.56. The van der Waals surface area contributed by atoms with Gasteiger partial charge < -0.3 is 4.74 Å². The number of carbonyl (C=O) groups is 1. The number of nitrogens with zero attached hydrogens (tertiary/aromatic N) is 1. The Kier molecular flexibility index (Phi) is 4.73. The van der Waals surface area contributed by atoms with E-state index < -0.39 is 39.7 Å². The molecule has 27 heavy (non-hydrogen) atoms. The van der Waals surface area contributed by atoms with Crippen LogP contribution in [0.4, 0.5) is 4.39 Å². The first-order chi connectivity index (χ1) is 12.8. The molecule has 6 nitrogen and oxygen atoms in total. The average molecular weight is 372 g/mol. The smallest absolute Gasteiger partial charge is 0.326 e. The van der Waals surface area contributed by atoms with Crippen molar-refractivity contribution in [3.05, 3.63) is 81.7 Å². The van der Waals surface area contributed by atoms with Gasteiger partial charge in [0.05, 0.1) is 13.0 Å². The van der Waals surface area contributed by atoms with Crippen LogP contribution in [0.2, 0.25) is 0 Å². The molecule has 0 saturated carbocycles. The number of nitro groups is 1. The Morgan fingerprint density at radius 3 is 2.30 bits per heavy atom. The van der Waals surface area contributed by atoms with Gasteiger partial charge in [-0.3, -0.25) is 20.2 Å². The van der Waals surface area contributed by atoms with Gasteiger partial charge in [-0.1, -0.05) is 48.5 Å². The molecule has 7 heteroatoms. The summed E-state index contributed by atoms with van der Waals surface area (Å²) in [4.78, 5) is 24.6. The number of nitrogens with one attached hydrogen (secondary N) is 1. The highest BCUT2D eigenvalue weighted by Crippen LogP contribution is 2.53. The fraction of sp³-hybridized carbons (Fsp3) is 0.350. The van der Waals surface area contributed by atoms with Gasteiger partial charge >= 0.3 is 5.97 Å². The topological polar surface area (TPSA) is 81.5 Å². The molecule has 1 heterocycles. The molecule has 0 amide bonds. The summed E-state index contributed by atoms with van der Waals surface area (Å²) < 4.78 is 19.5. The van der Waals surface area contributed by atoms with Gasteiger partial charge in [0.25, 0.3) is 0 Å². The number of halogens is 1. The fourth-order valence-corrected chi connectivity index (χ4v) is 4.30. The number of rotatable bonds is 4. The molecule has 142 valence electrons. The summed E-state index contributed by atoms with van der Waals surface area (Å²) in [6.45, 7) is 3.02. The minimum Gasteiger partial charge on any atom is -0.468 e. The quantitative estimate of drug-likeness (QED) is 0.506. The van der Waals surface area contributed by atoms with Crippen molar-refractivity contribution >= 4 is 5.97 Å². The highest BCUT2D eigenvalue weighted by Gasteiger charge is 2.70. The van der Waals surface area contributed by atoms with Gasteiger partial charge in [-0.05, 0) is 18.6 Å². The molecule has 0 aromatic heterocycles. The van der Waals surface area contributed by atoms with Crippen molar-refractivity contribution in [3.63, 3.8) is 0 Å². The van der Waals surface area contributed by atoms with Crippen molar-refractivity contribution in [2.75, 3.05) is 7.11 Å². The van der Waals surface area contributed by atoms with Crippen molar-refractivity contribution in [1.82, 2.24) is 5.32 Å². The molecule has 3 rings (SSSR count). The van der Waals surface area contributed by atoms with Gasteiger partial charge in [-0.2, -0.15) is 0 Å². The van der Waals surface area contributed by atoms with E-state index in [0.29, 0.717) is 5.56 Å². The predicted molar refractivity (Wildman–Crippen MR) is 97.3 cm³/mol. The van der Waals surface area contributed by atoms with Crippen LogP contribution >= 0.6 is 0 Å². The summed E-state index contributed by atoms with van der Waals surface area (Å²) in [5.41, 5.74) is -2.35. The number of methoxy groups -OCH3 is 1. The van der Waals surface area contributed by atoms with Crippen LogP contribution in [0.3, 0.4) is 0 Å². The molecule has 2 aromatic rings. The van der Waals surface area contributed by atoms with E-state index in [1.165, 1.54) is 32.2 Å². The molecule has 1 fully saturated rings. The van der Waals surface area contributed by atoms with Crippen LogP contribution in [0.25, 0.3) is 0 Å². The summed E-state index contributed by atoms with van der Waals surface area (Å²) >= 11 is 0. The maximum absolute atomic E-state index is 14.5. The summed E-state index contributed by atoms with van der Waals surface area (Å²) in [5.74, 6) is -2.08. The first-order valence-corrected chi connectivity index (χ1v) is 8.56. The average Bonchev–Trinajstić information content (AvgIpc) is 2.91. The van der Waals surface area contributed by atoms with E-state index in [-0.39, 0.29) is 5.56 Å². The lowest BCUT2D eigenvalue weighted by Gasteiger charge is -2.32. The number of hydrogen-bond acceptors (Lipinski definition) is 5. The van der Waals surface area contributed by atoms with Crippen LogP contribution < -0.4 is 5.32 Å². The molecule has 0 bridgehead atoms. The summed E-state index contributed by atoms with van der Waals surface area (Å²) in [5, 5.41) is 15.3. The molecule has 1 saturated heterocycles. The zero-order chi connectivity index (χ0) is 19.8. The zero-order valence-electron chi connectivity index (χ0n) is 15.3. The lowest BCUT2D eigenvalue weighted by atomic mass is 9.70. The number of esters is 1. The van der Waals surface area contributed by atoms with Gasteiger partial charge in [0, 0.05) is 17.4 Å². The van der Waals surface area contributed by atoms with E-state index in [1.807, 2.05) is 0 Å². The molecule has 2 aromatic carbocycles. The second kappa shape index (κ2) is 6.74. The minimum atomic E-state index is -1.69. The number of hydrogen-bond donors (Lipinski definition) is 1. The van der Waals surface area contributed by atoms with Crippen LogP contribution in [-0.4, -0.2) is 29.1 Å². The lowest BCUT2D eigenvalue weighted by Crippen LogP contribution is -2.51. The number of benzene rings is 2. The van der Waals surface area contributed by atoms with E-state index in [2.05, 4.69) is 5.32 Å². The Balaban J connectivity index is 2.28. The standard InChI is InChI=1S/C20H21FN2O4/c1-19(18(24)27-3)16(13-9-5-4-6-10-13)20(2,23(25)26)17(22-19)14-11-7-8-12-15(14)21/h4-12,16-17,22H,1-3H3/t16-,17+,19+,20+/m1/s1. The van der Waals surface area contributed by atoms with Crippen molar-refractivity contribution < 1.29 is 18.8 Å². The fourth-order valence-electron chi connectivity index (χ4n) is 4.30. The normalized spacial score (nSPS) is 30.1. The van der Waals surface area contributed by atoms with Gasteiger partial charge in [-0.25, -0.2) is 4.39 Å². The predicted octanol–water partition coefficient (Wildman–Crippen LogP) is 3.22. The second-order valence-electron chi connectivity index (χ2n) is 7.12. The zero-order valence-corrected chi connectivity index (χ0v) is 15.3. The minimum absolute atomic E-state index is 0.144. The van der Waals surface area contributed by atoms with Crippen molar-refractivity contribution in [1.29, 1.82) is 0 Å². The van der Waals surface area contributed by atoms with Gasteiger partial charge in [0.1, 0.15) is 17.4 Å². The SMILES string of the molecule is COC(=O)[C@@]1(C)N[C@@H](c2ccccc2F)[C@@](C)([N+](=O)[O-])[C@@H]1c1ccccc1. The monoisotopic (exact) mass is 372 g/mol. The molecular weight excluding hydrogens is 351 g/mol. The van der Waals surface area contributed by atoms with E-state index in [0.717, 1.165) is 0 Å². The van der Waals surface area contributed by atoms with Crippen molar-refractivity contribution in [2.45, 2.75) is 36.9 Å². The molecule has 0 unspecified atom stereocenters. The summed E-state index contributed by atoms with van der Waals surface area (Å²) in [6, 6.07) is 13.6. The van der Waals surface area contributed by atoms with Crippen LogP contribution in [0.1, 0.15) is 36.9 Å². The van der Waals surface area contributed by atoms with Gasteiger partial charge in [0.2, 0.25) is 5.54 Å². The number of carbonyl (C=O) groups excluding carboxylic acids is 1. The van der Waals surface area contributed by atoms with Crippen LogP contribution in [-0.2, 0) is 9.53 Å². The Morgan fingerprint density at radius 2 is 1.74 bits per heavy atom. The van der Waals surface area contributed by atoms with Crippen molar-refractivity contribution in [2.24, 2.45) is 0 Å². The second-order valence-corrected chi connectivity index (χ2v) is 7.12. The lowest BCUT2D eigenvalue weighted by molar-refractivity contribution is -0.571.